The van der Waals surface area contributed by atoms with Crippen LogP contribution < -0.4 is 49.5 Å². The van der Waals surface area contributed by atoms with Crippen molar-refractivity contribution in [2.45, 2.75) is 78.5 Å². The van der Waals surface area contributed by atoms with Crippen LogP contribution in [0.4, 0.5) is 0 Å². The third kappa shape index (κ3) is 10.2. The maximum Gasteiger partial charge on any atom is 1.00 e. The largest absolute Gasteiger partial charge is 1.00 e. The Kier molecular flexibility index (Phi) is 14.3. The molecular weight excluding hydrogens is 525 g/mol. The quantitative estimate of drug-likeness (QED) is 0.0741. The van der Waals surface area contributed by atoms with Gasteiger partial charge in [0.1, 0.15) is 17.2 Å². The third-order valence-electron chi connectivity index (χ3n) is 5.99. The first-order valence-electron chi connectivity index (χ1n) is 13.1. The Hall–Kier alpha value is -2.95. The summed E-state index contributed by atoms with van der Waals surface area (Å²) in [5.74, 6) is 0.0226. The van der Waals surface area contributed by atoms with E-state index in [0.29, 0.717) is 30.3 Å². The molecule has 0 spiro atoms. The zero-order valence-electron chi connectivity index (χ0n) is 25.6. The summed E-state index contributed by atoms with van der Waals surface area (Å²) in [6.45, 7) is 11.6. The van der Waals surface area contributed by atoms with E-state index in [2.05, 4.69) is 5.16 Å². The first-order chi connectivity index (χ1) is 18.4. The molecule has 2 rings (SSSR count). The summed E-state index contributed by atoms with van der Waals surface area (Å²) in [4.78, 5) is 26.8. The number of hydrogen-bond donors (Lipinski definition) is 3. The van der Waals surface area contributed by atoms with Crippen molar-refractivity contribution in [3.05, 3.63) is 53.6 Å². The van der Waals surface area contributed by atoms with Crippen LogP contribution in [-0.4, -0.2) is 63.8 Å². The molecule has 0 bridgehead atoms. The summed E-state index contributed by atoms with van der Waals surface area (Å²) >= 11 is 0. The fraction of sp³-hybridized carbons (Fsp3) is 0.483. The third-order valence-corrected chi connectivity index (χ3v) is 5.99. The molecule has 1 amide bonds. The van der Waals surface area contributed by atoms with Crippen molar-refractivity contribution >= 4 is 17.7 Å². The monoisotopic (exact) mass is 567 g/mol. The van der Waals surface area contributed by atoms with Gasteiger partial charge in [-0.3, -0.25) is 4.79 Å². The topological polar surface area (TPSA) is 144 Å². The van der Waals surface area contributed by atoms with E-state index in [1.807, 2.05) is 27.7 Å². The first kappa shape index (κ1) is 35.1. The first-order valence-corrected chi connectivity index (χ1v) is 13.1. The van der Waals surface area contributed by atoms with Crippen LogP contribution in [0.1, 0.15) is 78.2 Å². The number of nitrogens with zero attached hydrogens (tertiary/aromatic N) is 2. The molecule has 4 N–H and O–H groups in total. The number of amides is 1. The van der Waals surface area contributed by atoms with E-state index in [1.165, 1.54) is 13.8 Å². The SMILES string of the molecule is CC(C)N(C(=O)c1ccc(OCCCCCOc2ccc(/C(N)=N\O)cc2)cc1OC(C)(C)C(=O)O)C(C)C.[H-].[Na+]. The minimum absolute atomic E-state index is 0. The van der Waals surface area contributed by atoms with Gasteiger partial charge in [-0.25, -0.2) is 4.79 Å². The molecule has 0 fully saturated rings. The van der Waals surface area contributed by atoms with Crippen molar-refractivity contribution in [1.82, 2.24) is 4.90 Å². The molecule has 0 radical (unpaired) electrons. The average Bonchev–Trinajstić information content (AvgIpc) is 2.87. The van der Waals surface area contributed by atoms with Gasteiger partial charge in [0, 0.05) is 23.7 Å². The van der Waals surface area contributed by atoms with Crippen LogP contribution in [0.3, 0.4) is 0 Å². The van der Waals surface area contributed by atoms with Crippen LogP contribution in [0.5, 0.6) is 17.2 Å². The summed E-state index contributed by atoms with van der Waals surface area (Å²) in [6.07, 6.45) is 2.46. The van der Waals surface area contributed by atoms with Crippen LogP contribution in [0.2, 0.25) is 0 Å². The second-order valence-corrected chi connectivity index (χ2v) is 10.2. The fourth-order valence-corrected chi connectivity index (χ4v) is 3.92. The molecule has 10 nitrogen and oxygen atoms in total. The van der Waals surface area contributed by atoms with Gasteiger partial charge in [-0.15, -0.1) is 0 Å². The van der Waals surface area contributed by atoms with Crippen molar-refractivity contribution < 1.29 is 65.1 Å². The summed E-state index contributed by atoms with van der Waals surface area (Å²) in [5.41, 5.74) is 4.92. The van der Waals surface area contributed by atoms with E-state index in [-0.39, 0.29) is 66.1 Å². The van der Waals surface area contributed by atoms with Crippen molar-refractivity contribution in [1.29, 1.82) is 0 Å². The van der Waals surface area contributed by atoms with Gasteiger partial charge < -0.3 is 36.6 Å². The number of benzene rings is 2. The van der Waals surface area contributed by atoms with Crippen LogP contribution in [0, 0.1) is 0 Å². The van der Waals surface area contributed by atoms with E-state index < -0.39 is 11.6 Å². The minimum atomic E-state index is -1.53. The van der Waals surface area contributed by atoms with Crippen molar-refractivity contribution in [3.8, 4) is 17.2 Å². The molecule has 0 aliphatic heterocycles. The van der Waals surface area contributed by atoms with Gasteiger partial charge in [0.05, 0.1) is 18.8 Å². The average molecular weight is 568 g/mol. The van der Waals surface area contributed by atoms with Gasteiger partial charge in [0.25, 0.3) is 5.91 Å². The molecule has 0 saturated heterocycles. The molecule has 2 aromatic rings. The predicted molar refractivity (Wildman–Crippen MR) is 150 cm³/mol. The number of carboxylic acids is 1. The summed E-state index contributed by atoms with van der Waals surface area (Å²) in [5, 5.41) is 21.3. The van der Waals surface area contributed by atoms with Gasteiger partial charge >= 0.3 is 35.5 Å². The number of amidine groups is 1. The van der Waals surface area contributed by atoms with Gasteiger partial charge in [-0.2, -0.15) is 0 Å². The van der Waals surface area contributed by atoms with Gasteiger partial charge in [0.15, 0.2) is 11.4 Å². The number of rotatable bonds is 15. The molecular formula is C29H42N3NaO7. The molecule has 0 saturated carbocycles. The predicted octanol–water partition coefficient (Wildman–Crippen LogP) is 2.03. The zero-order chi connectivity index (χ0) is 29.2. The van der Waals surface area contributed by atoms with Crippen molar-refractivity contribution in [3.63, 3.8) is 0 Å². The number of unbranched alkanes of at least 4 members (excludes halogenated alkanes) is 2. The van der Waals surface area contributed by atoms with Crippen LogP contribution in [0.15, 0.2) is 47.6 Å². The molecule has 0 unspecified atom stereocenters. The summed E-state index contributed by atoms with van der Waals surface area (Å²) < 4.78 is 17.4. The molecule has 0 aliphatic rings. The van der Waals surface area contributed by atoms with E-state index in [1.54, 1.807) is 47.4 Å². The number of ether oxygens (including phenoxy) is 3. The Labute approximate surface area is 260 Å². The van der Waals surface area contributed by atoms with Crippen molar-refractivity contribution in [2.24, 2.45) is 10.9 Å². The maximum atomic E-state index is 13.4. The smallest absolute Gasteiger partial charge is 1.00 e. The molecule has 216 valence electrons. The summed E-state index contributed by atoms with van der Waals surface area (Å²) in [7, 11) is 0. The van der Waals surface area contributed by atoms with E-state index in [4.69, 9.17) is 25.2 Å². The van der Waals surface area contributed by atoms with Crippen LogP contribution >= 0.6 is 0 Å². The maximum absolute atomic E-state index is 13.4. The molecule has 0 atom stereocenters. The molecule has 11 heteroatoms. The Morgan fingerprint density at radius 1 is 0.950 bits per heavy atom. The molecule has 2 aromatic carbocycles. The number of carbonyl (C=O) groups excluding carboxylic acids is 1. The molecule has 0 aliphatic carbocycles. The molecule has 0 aromatic heterocycles. The normalized spacial score (nSPS) is 11.7. The second-order valence-electron chi connectivity index (χ2n) is 10.2. The number of carboxylic acid groups (broad SMARTS) is 1. The van der Waals surface area contributed by atoms with Gasteiger partial charge in [0.2, 0.25) is 0 Å². The zero-order valence-corrected chi connectivity index (χ0v) is 26.6. The Morgan fingerprint density at radius 3 is 1.98 bits per heavy atom. The van der Waals surface area contributed by atoms with Crippen LogP contribution in [0.25, 0.3) is 0 Å². The number of carbonyl (C=O) groups is 2. The number of aliphatic carboxylic acids is 1. The Bertz CT molecular complexity index is 1130. The minimum Gasteiger partial charge on any atom is -1.00 e. The Balaban J connectivity index is 0.00000800. The number of hydrogen-bond acceptors (Lipinski definition) is 7. The van der Waals surface area contributed by atoms with E-state index in [9.17, 15) is 14.7 Å². The van der Waals surface area contributed by atoms with Crippen molar-refractivity contribution in [2.75, 3.05) is 13.2 Å². The fourth-order valence-electron chi connectivity index (χ4n) is 3.92. The van der Waals surface area contributed by atoms with Gasteiger partial charge in [-0.1, -0.05) is 5.16 Å². The molecule has 40 heavy (non-hydrogen) atoms. The van der Waals surface area contributed by atoms with Gasteiger partial charge in [-0.05, 0) is 97.2 Å². The standard InChI is InChI=1S/C29H41N3O7.Na.H/c1-19(2)32(20(3)4)27(33)24-15-14-23(18-25(24)39-29(5,6)28(34)35)38-17-9-7-8-16-37-22-12-10-21(11-13-22)26(30)31-36;;/h10-15,18-20,36H,7-9,16-17H2,1-6H3,(H2,30,31)(H,34,35);;/q;+1;-1. The molecule has 0 heterocycles. The van der Waals surface area contributed by atoms with E-state index >= 15 is 0 Å². The number of nitrogens with two attached hydrogens (primary N) is 1. The summed E-state index contributed by atoms with van der Waals surface area (Å²) in [6, 6.07) is 11.8. The Morgan fingerprint density at radius 2 is 1.48 bits per heavy atom. The second kappa shape index (κ2) is 16.3. The number of oxime groups is 1. The van der Waals surface area contributed by atoms with E-state index in [0.717, 1.165) is 19.3 Å². The van der Waals surface area contributed by atoms with Crippen LogP contribution in [-0.2, 0) is 4.79 Å².